The van der Waals surface area contributed by atoms with Crippen LogP contribution in [0.25, 0.3) is 0 Å². The number of rotatable bonds is 1. The van der Waals surface area contributed by atoms with Gasteiger partial charge < -0.3 is 4.74 Å². The molecule has 0 atom stereocenters. The summed E-state index contributed by atoms with van der Waals surface area (Å²) in [6.07, 6.45) is 1.79. The SMILES string of the molecule is C[CH]C#CCOC. The van der Waals surface area contributed by atoms with Gasteiger partial charge in [0.2, 0.25) is 0 Å². The van der Waals surface area contributed by atoms with E-state index >= 15 is 0 Å². The molecule has 0 aromatic heterocycles. The van der Waals surface area contributed by atoms with Crippen molar-refractivity contribution < 1.29 is 4.74 Å². The van der Waals surface area contributed by atoms with E-state index in [2.05, 4.69) is 16.6 Å². The lowest BCUT2D eigenvalue weighted by molar-refractivity contribution is 0.240. The Labute approximate surface area is 44.7 Å². The van der Waals surface area contributed by atoms with E-state index in [0.29, 0.717) is 6.61 Å². The Kier molecular flexibility index (Phi) is 5.14. The largest absolute Gasteiger partial charge is 0.372 e. The Hall–Kier alpha value is -0.480. The molecule has 1 radical (unpaired) electrons. The summed E-state index contributed by atoms with van der Waals surface area (Å²) in [4.78, 5) is 0. The molecule has 0 amide bonds. The van der Waals surface area contributed by atoms with Gasteiger partial charge in [-0.3, -0.25) is 0 Å². The smallest absolute Gasteiger partial charge is 0.107 e. The first-order chi connectivity index (χ1) is 3.41. The molecule has 0 aromatic rings. The molecular weight excluding hydrogens is 88.1 g/mol. The molecule has 1 heteroatoms. The Morgan fingerprint density at radius 3 is 2.86 bits per heavy atom. The second-order valence-corrected chi connectivity index (χ2v) is 1.04. The van der Waals surface area contributed by atoms with Gasteiger partial charge in [-0.25, -0.2) is 0 Å². The first-order valence-corrected chi connectivity index (χ1v) is 2.17. The van der Waals surface area contributed by atoms with E-state index in [-0.39, 0.29) is 0 Å². The lowest BCUT2D eigenvalue weighted by Crippen LogP contribution is -1.79. The van der Waals surface area contributed by atoms with Crippen LogP contribution < -0.4 is 0 Å². The van der Waals surface area contributed by atoms with Crippen LogP contribution in [0.3, 0.4) is 0 Å². The predicted molar refractivity (Wildman–Crippen MR) is 29.6 cm³/mol. The van der Waals surface area contributed by atoms with Crippen molar-refractivity contribution in [3.05, 3.63) is 6.42 Å². The first-order valence-electron chi connectivity index (χ1n) is 2.17. The number of methoxy groups -OCH3 is 1. The topological polar surface area (TPSA) is 9.23 Å². The minimum Gasteiger partial charge on any atom is -0.372 e. The Balaban J connectivity index is 2.91. The quantitative estimate of drug-likeness (QED) is 0.441. The standard InChI is InChI=1S/C6H9O/c1-3-4-5-6-7-2/h3H,6H2,1-2H3. The fourth-order valence-corrected chi connectivity index (χ4v) is 0.216. The van der Waals surface area contributed by atoms with E-state index < -0.39 is 0 Å². The average Bonchev–Trinajstić information content (AvgIpc) is 1.69. The van der Waals surface area contributed by atoms with E-state index in [1.54, 1.807) is 13.5 Å². The summed E-state index contributed by atoms with van der Waals surface area (Å²) in [5, 5.41) is 0. The molecule has 7 heavy (non-hydrogen) atoms. The molecule has 0 saturated carbocycles. The van der Waals surface area contributed by atoms with E-state index in [9.17, 15) is 0 Å². The van der Waals surface area contributed by atoms with Crippen molar-refractivity contribution in [1.82, 2.24) is 0 Å². The molecule has 39 valence electrons. The van der Waals surface area contributed by atoms with Crippen molar-refractivity contribution in [3.63, 3.8) is 0 Å². The zero-order valence-electron chi connectivity index (χ0n) is 4.69. The van der Waals surface area contributed by atoms with E-state index in [0.717, 1.165) is 0 Å². The third-order valence-corrected chi connectivity index (χ3v) is 0.463. The molecular formula is C6H9O. The Bertz CT molecular complexity index is 75.9. The van der Waals surface area contributed by atoms with Crippen LogP contribution in [0.5, 0.6) is 0 Å². The van der Waals surface area contributed by atoms with Crippen molar-refractivity contribution in [2.24, 2.45) is 0 Å². The number of hydrogen-bond acceptors (Lipinski definition) is 1. The van der Waals surface area contributed by atoms with Gasteiger partial charge in [0.15, 0.2) is 0 Å². The van der Waals surface area contributed by atoms with Gasteiger partial charge in [-0.2, -0.15) is 0 Å². The molecule has 0 fully saturated rings. The second-order valence-electron chi connectivity index (χ2n) is 1.04. The lowest BCUT2D eigenvalue weighted by atomic mass is 10.5. The van der Waals surface area contributed by atoms with Crippen LogP contribution in [0.2, 0.25) is 0 Å². The van der Waals surface area contributed by atoms with Crippen molar-refractivity contribution >= 4 is 0 Å². The van der Waals surface area contributed by atoms with Gasteiger partial charge in [0.25, 0.3) is 0 Å². The molecule has 0 aromatic carbocycles. The summed E-state index contributed by atoms with van der Waals surface area (Å²) in [5.41, 5.74) is 0. The number of ether oxygens (including phenoxy) is 1. The highest BCUT2D eigenvalue weighted by atomic mass is 16.5. The van der Waals surface area contributed by atoms with Crippen LogP contribution in [0.4, 0.5) is 0 Å². The Morgan fingerprint density at radius 1 is 1.71 bits per heavy atom. The predicted octanol–water partition coefficient (Wildman–Crippen LogP) is 0.860. The van der Waals surface area contributed by atoms with Crippen molar-refractivity contribution in [1.29, 1.82) is 0 Å². The van der Waals surface area contributed by atoms with E-state index in [1.807, 2.05) is 6.92 Å². The average molecular weight is 97.1 g/mol. The lowest BCUT2D eigenvalue weighted by Gasteiger charge is -1.79. The highest BCUT2D eigenvalue weighted by Gasteiger charge is 1.64. The minimum absolute atomic E-state index is 0.532. The summed E-state index contributed by atoms with van der Waals surface area (Å²) in [6, 6.07) is 0. The maximum absolute atomic E-state index is 4.65. The van der Waals surface area contributed by atoms with Gasteiger partial charge in [0.1, 0.15) is 6.61 Å². The zero-order chi connectivity index (χ0) is 5.54. The van der Waals surface area contributed by atoms with Gasteiger partial charge in [0, 0.05) is 13.5 Å². The summed E-state index contributed by atoms with van der Waals surface area (Å²) < 4.78 is 4.65. The summed E-state index contributed by atoms with van der Waals surface area (Å²) >= 11 is 0. The van der Waals surface area contributed by atoms with Gasteiger partial charge in [-0.15, -0.1) is 0 Å². The molecule has 1 nitrogen and oxygen atoms in total. The first kappa shape index (κ1) is 6.52. The fraction of sp³-hybridized carbons (Fsp3) is 0.500. The van der Waals surface area contributed by atoms with Gasteiger partial charge in [-0.1, -0.05) is 18.8 Å². The Morgan fingerprint density at radius 2 is 2.43 bits per heavy atom. The molecule has 0 bridgehead atoms. The zero-order valence-corrected chi connectivity index (χ0v) is 4.69. The molecule has 0 rings (SSSR count). The monoisotopic (exact) mass is 97.1 g/mol. The summed E-state index contributed by atoms with van der Waals surface area (Å²) in [5.74, 6) is 5.51. The molecule has 0 aliphatic heterocycles. The van der Waals surface area contributed by atoms with Gasteiger partial charge >= 0.3 is 0 Å². The van der Waals surface area contributed by atoms with Crippen LogP contribution in [-0.4, -0.2) is 13.7 Å². The molecule has 0 heterocycles. The molecule has 0 spiro atoms. The fourth-order valence-electron chi connectivity index (χ4n) is 0.216. The minimum atomic E-state index is 0.532. The van der Waals surface area contributed by atoms with Crippen molar-refractivity contribution in [2.75, 3.05) is 13.7 Å². The van der Waals surface area contributed by atoms with E-state index in [1.165, 1.54) is 0 Å². The van der Waals surface area contributed by atoms with Gasteiger partial charge in [0.05, 0.1) is 0 Å². The molecule has 0 unspecified atom stereocenters. The van der Waals surface area contributed by atoms with Crippen LogP contribution >= 0.6 is 0 Å². The molecule has 0 aliphatic carbocycles. The maximum atomic E-state index is 4.65. The highest BCUT2D eigenvalue weighted by Crippen LogP contribution is 1.65. The van der Waals surface area contributed by atoms with Crippen LogP contribution in [0, 0.1) is 18.3 Å². The van der Waals surface area contributed by atoms with Gasteiger partial charge in [-0.05, 0) is 0 Å². The van der Waals surface area contributed by atoms with E-state index in [4.69, 9.17) is 0 Å². The van der Waals surface area contributed by atoms with Crippen LogP contribution in [-0.2, 0) is 4.74 Å². The maximum Gasteiger partial charge on any atom is 0.107 e. The van der Waals surface area contributed by atoms with Crippen molar-refractivity contribution in [2.45, 2.75) is 6.92 Å². The molecule has 0 aliphatic rings. The number of hydrogen-bond donors (Lipinski definition) is 0. The highest BCUT2D eigenvalue weighted by molar-refractivity contribution is 5.07. The second kappa shape index (κ2) is 5.52. The van der Waals surface area contributed by atoms with Crippen molar-refractivity contribution in [3.8, 4) is 11.8 Å². The third-order valence-electron chi connectivity index (χ3n) is 0.463. The summed E-state index contributed by atoms with van der Waals surface area (Å²) in [6.45, 7) is 2.42. The third kappa shape index (κ3) is 5.52. The van der Waals surface area contributed by atoms with Crippen LogP contribution in [0.1, 0.15) is 6.92 Å². The van der Waals surface area contributed by atoms with Crippen LogP contribution in [0.15, 0.2) is 0 Å². The normalized spacial score (nSPS) is 7.14. The molecule has 0 N–H and O–H groups in total. The molecule has 0 saturated heterocycles. The summed E-state index contributed by atoms with van der Waals surface area (Å²) in [7, 11) is 1.63.